The zero-order valence-corrected chi connectivity index (χ0v) is 14.6. The highest BCUT2D eigenvalue weighted by Gasteiger charge is 2.22. The van der Waals surface area contributed by atoms with E-state index >= 15 is 0 Å². The number of hydrogen-bond donors (Lipinski definition) is 2. The summed E-state index contributed by atoms with van der Waals surface area (Å²) in [5, 5.41) is 11.6. The molecule has 0 bridgehead atoms. The van der Waals surface area contributed by atoms with Crippen molar-refractivity contribution in [2.45, 2.75) is 38.1 Å². The highest BCUT2D eigenvalue weighted by Crippen LogP contribution is 2.33. The molecule has 0 aliphatic heterocycles. The summed E-state index contributed by atoms with van der Waals surface area (Å²) in [4.78, 5) is 22.9. The van der Waals surface area contributed by atoms with Gasteiger partial charge >= 0.3 is 5.97 Å². The van der Waals surface area contributed by atoms with E-state index < -0.39 is 5.97 Å². The van der Waals surface area contributed by atoms with Gasteiger partial charge in [-0.15, -0.1) is 0 Å². The number of amides is 1. The molecule has 1 aliphatic rings. The van der Waals surface area contributed by atoms with Gasteiger partial charge in [0.25, 0.3) is 0 Å². The van der Waals surface area contributed by atoms with Gasteiger partial charge < -0.3 is 15.2 Å². The highest BCUT2D eigenvalue weighted by atomic mass is 16.5. The van der Waals surface area contributed by atoms with Gasteiger partial charge in [-0.3, -0.25) is 4.79 Å². The number of carbonyl (C=O) groups excluding carboxylic acids is 1. The van der Waals surface area contributed by atoms with Gasteiger partial charge in [-0.2, -0.15) is 0 Å². The van der Waals surface area contributed by atoms with Crippen molar-refractivity contribution in [1.82, 2.24) is 5.32 Å². The Morgan fingerprint density at radius 1 is 1.15 bits per heavy atom. The third-order valence-electron chi connectivity index (χ3n) is 4.68. The number of aryl methyl sites for hydroxylation is 1. The molecule has 5 heteroatoms. The predicted octanol–water partition coefficient (Wildman–Crippen LogP) is 3.28. The number of carboxylic acid groups (broad SMARTS) is 1. The Kier molecular flexibility index (Phi) is 5.89. The standard InChI is InChI=1S/C21H23NO4/c23-20(12-17-8-4-7-16-6-1-2-10-19(16)17)22-13-15-5-3-9-18(11-15)26-14-21(24)25/h1-3,5-6,9-11,17H,4,7-8,12-14H2,(H,22,23)(H,24,25). The molecule has 0 spiro atoms. The minimum atomic E-state index is -1.02. The first-order chi connectivity index (χ1) is 12.6. The van der Waals surface area contributed by atoms with Crippen LogP contribution in [0.3, 0.4) is 0 Å². The number of nitrogens with one attached hydrogen (secondary N) is 1. The zero-order chi connectivity index (χ0) is 18.4. The second kappa shape index (κ2) is 8.52. The van der Waals surface area contributed by atoms with Gasteiger partial charge in [0, 0.05) is 13.0 Å². The van der Waals surface area contributed by atoms with Crippen LogP contribution in [0.2, 0.25) is 0 Å². The Morgan fingerprint density at radius 2 is 2.00 bits per heavy atom. The molecule has 0 fully saturated rings. The van der Waals surface area contributed by atoms with E-state index in [-0.39, 0.29) is 18.4 Å². The third kappa shape index (κ3) is 4.85. The molecule has 0 saturated carbocycles. The molecule has 1 amide bonds. The van der Waals surface area contributed by atoms with Crippen LogP contribution in [0.4, 0.5) is 0 Å². The molecule has 1 unspecified atom stereocenters. The fraction of sp³-hybridized carbons (Fsp3) is 0.333. The summed E-state index contributed by atoms with van der Waals surface area (Å²) < 4.78 is 5.16. The van der Waals surface area contributed by atoms with Crippen molar-refractivity contribution in [2.75, 3.05) is 6.61 Å². The second-order valence-corrected chi connectivity index (χ2v) is 6.60. The van der Waals surface area contributed by atoms with E-state index in [1.165, 1.54) is 11.1 Å². The molecule has 136 valence electrons. The van der Waals surface area contributed by atoms with Crippen LogP contribution in [0, 0.1) is 0 Å². The molecule has 26 heavy (non-hydrogen) atoms. The number of ether oxygens (including phenoxy) is 1. The van der Waals surface area contributed by atoms with E-state index in [1.807, 2.05) is 12.1 Å². The number of hydrogen-bond acceptors (Lipinski definition) is 3. The average molecular weight is 353 g/mol. The predicted molar refractivity (Wildman–Crippen MR) is 98.2 cm³/mol. The van der Waals surface area contributed by atoms with E-state index in [0.29, 0.717) is 18.7 Å². The molecular weight excluding hydrogens is 330 g/mol. The van der Waals surface area contributed by atoms with Crippen LogP contribution >= 0.6 is 0 Å². The Morgan fingerprint density at radius 3 is 2.85 bits per heavy atom. The van der Waals surface area contributed by atoms with Gasteiger partial charge in [0.1, 0.15) is 5.75 Å². The van der Waals surface area contributed by atoms with Crippen molar-refractivity contribution in [3.63, 3.8) is 0 Å². The van der Waals surface area contributed by atoms with Gasteiger partial charge in [-0.25, -0.2) is 4.79 Å². The maximum Gasteiger partial charge on any atom is 0.341 e. The summed E-state index contributed by atoms with van der Waals surface area (Å²) in [5.41, 5.74) is 3.54. The van der Waals surface area contributed by atoms with Gasteiger partial charge in [-0.1, -0.05) is 36.4 Å². The Labute approximate surface area is 153 Å². The fourth-order valence-electron chi connectivity index (χ4n) is 3.45. The molecule has 0 heterocycles. The third-order valence-corrected chi connectivity index (χ3v) is 4.68. The maximum atomic E-state index is 12.4. The lowest BCUT2D eigenvalue weighted by molar-refractivity contribution is -0.139. The van der Waals surface area contributed by atoms with Gasteiger partial charge in [0.05, 0.1) is 0 Å². The molecule has 2 aromatic carbocycles. The largest absolute Gasteiger partial charge is 0.482 e. The summed E-state index contributed by atoms with van der Waals surface area (Å²) in [5.74, 6) is -0.217. The molecule has 2 aromatic rings. The minimum Gasteiger partial charge on any atom is -0.482 e. The maximum absolute atomic E-state index is 12.4. The molecule has 2 N–H and O–H groups in total. The summed E-state index contributed by atoms with van der Waals surface area (Å²) in [6.45, 7) is 0.0222. The molecule has 1 atom stereocenters. The van der Waals surface area contributed by atoms with Crippen LogP contribution in [0.1, 0.15) is 41.9 Å². The Bertz CT molecular complexity index is 787. The molecule has 3 rings (SSSR count). The van der Waals surface area contributed by atoms with Crippen LogP contribution in [0.15, 0.2) is 48.5 Å². The molecule has 5 nitrogen and oxygen atoms in total. The average Bonchev–Trinajstić information content (AvgIpc) is 2.65. The quantitative estimate of drug-likeness (QED) is 0.801. The Hall–Kier alpha value is -2.82. The number of aliphatic carboxylic acids is 1. The molecule has 0 saturated heterocycles. The summed E-state index contributed by atoms with van der Waals surface area (Å²) >= 11 is 0. The van der Waals surface area contributed by atoms with Gasteiger partial charge in [0.2, 0.25) is 5.91 Å². The summed E-state index contributed by atoms with van der Waals surface area (Å²) in [6, 6.07) is 15.5. The van der Waals surface area contributed by atoms with Crippen LogP contribution in [0.25, 0.3) is 0 Å². The van der Waals surface area contributed by atoms with Crippen molar-refractivity contribution in [2.24, 2.45) is 0 Å². The topological polar surface area (TPSA) is 75.6 Å². The van der Waals surface area contributed by atoms with Gasteiger partial charge in [-0.05, 0) is 54.0 Å². The van der Waals surface area contributed by atoms with Crippen molar-refractivity contribution < 1.29 is 19.4 Å². The van der Waals surface area contributed by atoms with Crippen molar-refractivity contribution in [3.8, 4) is 5.75 Å². The number of fused-ring (bicyclic) bond motifs is 1. The summed E-state index contributed by atoms with van der Waals surface area (Å²) in [7, 11) is 0. The van der Waals surface area contributed by atoms with E-state index in [9.17, 15) is 9.59 Å². The monoisotopic (exact) mass is 353 g/mol. The number of benzene rings is 2. The van der Waals surface area contributed by atoms with E-state index in [0.717, 1.165) is 24.8 Å². The number of rotatable bonds is 7. The lowest BCUT2D eigenvalue weighted by Gasteiger charge is -2.25. The lowest BCUT2D eigenvalue weighted by Crippen LogP contribution is -2.25. The molecule has 0 aromatic heterocycles. The molecular formula is C21H23NO4. The smallest absolute Gasteiger partial charge is 0.341 e. The fourth-order valence-corrected chi connectivity index (χ4v) is 3.45. The van der Waals surface area contributed by atoms with Crippen molar-refractivity contribution >= 4 is 11.9 Å². The van der Waals surface area contributed by atoms with Crippen LogP contribution < -0.4 is 10.1 Å². The zero-order valence-electron chi connectivity index (χ0n) is 14.6. The van der Waals surface area contributed by atoms with Crippen LogP contribution in [-0.4, -0.2) is 23.6 Å². The number of carboxylic acids is 1. The number of carbonyl (C=O) groups is 2. The molecule has 1 aliphatic carbocycles. The first kappa shape index (κ1) is 18.0. The van der Waals surface area contributed by atoms with E-state index in [2.05, 4.69) is 23.5 Å². The van der Waals surface area contributed by atoms with E-state index in [1.54, 1.807) is 18.2 Å². The summed E-state index contributed by atoms with van der Waals surface area (Å²) in [6.07, 6.45) is 3.75. The van der Waals surface area contributed by atoms with Crippen LogP contribution in [-0.2, 0) is 22.6 Å². The normalized spacial score (nSPS) is 15.8. The van der Waals surface area contributed by atoms with Crippen LogP contribution in [0.5, 0.6) is 5.75 Å². The lowest BCUT2D eigenvalue weighted by atomic mass is 9.81. The first-order valence-corrected chi connectivity index (χ1v) is 8.90. The Balaban J connectivity index is 1.53. The molecule has 0 radical (unpaired) electrons. The highest BCUT2D eigenvalue weighted by molar-refractivity contribution is 5.77. The minimum absolute atomic E-state index is 0.0311. The van der Waals surface area contributed by atoms with Crippen molar-refractivity contribution in [1.29, 1.82) is 0 Å². The van der Waals surface area contributed by atoms with E-state index in [4.69, 9.17) is 9.84 Å². The first-order valence-electron chi connectivity index (χ1n) is 8.90. The SMILES string of the molecule is O=C(O)COc1cccc(CNC(=O)CC2CCCc3ccccc32)c1. The van der Waals surface area contributed by atoms with Crippen molar-refractivity contribution in [3.05, 3.63) is 65.2 Å². The van der Waals surface area contributed by atoms with Gasteiger partial charge in [0.15, 0.2) is 6.61 Å². The second-order valence-electron chi connectivity index (χ2n) is 6.60.